The monoisotopic (exact) mass is 210 g/mol. The van der Waals surface area contributed by atoms with Crippen LogP contribution in [-0.4, -0.2) is 7.38 Å². The molecule has 0 heterocycles. The number of rotatable bonds is 2. The largest absolute Gasteiger partial charge is 0.206 e. The highest BCUT2D eigenvalue weighted by atomic mass is 35.6. The molecule has 0 aliphatic rings. The Balaban J connectivity index is 3.23. The lowest BCUT2D eigenvalue weighted by molar-refractivity contribution is 1.41. The van der Waals surface area contributed by atoms with Gasteiger partial charge in [-0.05, 0) is 25.6 Å². The summed E-state index contributed by atoms with van der Waals surface area (Å²) in [5.41, 5.74) is 4.47. The molecule has 1 atom stereocenters. The molecule has 0 bridgehead atoms. The fourth-order valence-corrected chi connectivity index (χ4v) is 3.58. The Morgan fingerprint density at radius 3 is 2.46 bits per heavy atom. The maximum atomic E-state index is 6.42. The van der Waals surface area contributed by atoms with E-state index >= 15 is 0 Å². The van der Waals surface area contributed by atoms with Gasteiger partial charge in [0.05, 0.1) is 0 Å². The van der Waals surface area contributed by atoms with Crippen LogP contribution in [-0.2, 0) is 0 Å². The zero-order valence-corrected chi connectivity index (χ0v) is 10.2. The predicted molar refractivity (Wildman–Crippen MR) is 63.2 cm³/mol. The first-order chi connectivity index (χ1) is 5.97. The molecule has 0 fully saturated rings. The molecule has 1 aromatic carbocycles. The summed E-state index contributed by atoms with van der Waals surface area (Å²) >= 11 is 6.42. The Kier molecular flexibility index (Phi) is 2.99. The second kappa shape index (κ2) is 3.68. The van der Waals surface area contributed by atoms with E-state index in [9.17, 15) is 0 Å². The van der Waals surface area contributed by atoms with Crippen LogP contribution in [0.1, 0.15) is 11.1 Å². The highest BCUT2D eigenvalue weighted by Crippen LogP contribution is 2.13. The molecule has 0 aromatic heterocycles. The fourth-order valence-electron chi connectivity index (χ4n) is 1.47. The van der Waals surface area contributed by atoms with E-state index in [0.717, 1.165) is 0 Å². The van der Waals surface area contributed by atoms with Crippen LogP contribution in [0.3, 0.4) is 0 Å². The summed E-state index contributed by atoms with van der Waals surface area (Å²) in [6.45, 7) is 10.1. The van der Waals surface area contributed by atoms with Gasteiger partial charge in [-0.1, -0.05) is 35.0 Å². The lowest BCUT2D eigenvalue weighted by Crippen LogP contribution is -2.38. The van der Waals surface area contributed by atoms with Crippen LogP contribution >= 0.6 is 11.1 Å². The van der Waals surface area contributed by atoms with Gasteiger partial charge in [0.1, 0.15) is 0 Å². The van der Waals surface area contributed by atoms with E-state index < -0.39 is 7.38 Å². The van der Waals surface area contributed by atoms with Crippen LogP contribution in [0.4, 0.5) is 0 Å². The minimum absolute atomic E-state index is 1.27. The molecule has 70 valence electrons. The topological polar surface area (TPSA) is 0 Å². The van der Waals surface area contributed by atoms with Crippen molar-refractivity contribution in [3.05, 3.63) is 41.6 Å². The molecule has 0 spiro atoms. The molecule has 0 aliphatic carbocycles. The molecule has 0 aliphatic heterocycles. The first kappa shape index (κ1) is 10.5. The number of hydrogen-bond donors (Lipinski definition) is 0. The fraction of sp³-hybridized carbons (Fsp3) is 0.273. The van der Waals surface area contributed by atoms with Gasteiger partial charge in [-0.25, -0.2) is 0 Å². The van der Waals surface area contributed by atoms with E-state index in [1.54, 1.807) is 0 Å². The molecule has 0 radical (unpaired) electrons. The van der Waals surface area contributed by atoms with E-state index in [4.69, 9.17) is 11.1 Å². The number of hydrogen-bond acceptors (Lipinski definition) is 0. The standard InChI is InChI=1S/C11H15ClSi/c1-5-13(4,12)11-7-6-9(2)8-10(11)3/h5-8H,1H2,2-4H3. The van der Waals surface area contributed by atoms with Gasteiger partial charge in [-0.3, -0.25) is 0 Å². The van der Waals surface area contributed by atoms with Crippen molar-refractivity contribution < 1.29 is 0 Å². The Hall–Kier alpha value is -0.533. The molecular formula is C11H15ClSi. The first-order valence-corrected chi connectivity index (χ1v) is 7.96. The third-order valence-corrected chi connectivity index (χ3v) is 5.75. The highest BCUT2D eigenvalue weighted by molar-refractivity contribution is 7.29. The summed E-state index contributed by atoms with van der Waals surface area (Å²) in [4.78, 5) is 0. The van der Waals surface area contributed by atoms with Gasteiger partial charge in [-0.2, -0.15) is 11.1 Å². The SMILES string of the molecule is C=C[Si](C)(Cl)c1ccc(C)cc1C. The molecular weight excluding hydrogens is 196 g/mol. The Bertz CT molecular complexity index is 329. The molecule has 1 aromatic rings. The summed E-state index contributed by atoms with van der Waals surface area (Å²) in [6, 6.07) is 6.41. The summed E-state index contributed by atoms with van der Waals surface area (Å²) in [7, 11) is -1.88. The second-order valence-electron chi connectivity index (χ2n) is 3.60. The normalized spacial score (nSPS) is 15.1. The lowest BCUT2D eigenvalue weighted by Gasteiger charge is -2.17. The zero-order valence-electron chi connectivity index (χ0n) is 8.39. The van der Waals surface area contributed by atoms with Crippen LogP contribution in [0, 0.1) is 13.8 Å². The van der Waals surface area contributed by atoms with Gasteiger partial charge in [0, 0.05) is 0 Å². The van der Waals surface area contributed by atoms with Crippen molar-refractivity contribution in [1.29, 1.82) is 0 Å². The molecule has 1 unspecified atom stereocenters. The molecule has 1 rings (SSSR count). The zero-order chi connectivity index (χ0) is 10.1. The van der Waals surface area contributed by atoms with Gasteiger partial charge >= 0.3 is 0 Å². The maximum Gasteiger partial charge on any atom is 0.206 e. The van der Waals surface area contributed by atoms with Crippen molar-refractivity contribution in [2.75, 3.05) is 0 Å². The Labute approximate surface area is 86.0 Å². The minimum atomic E-state index is -1.88. The predicted octanol–water partition coefficient (Wildman–Crippen LogP) is 3.05. The summed E-state index contributed by atoms with van der Waals surface area (Å²) in [5, 5.41) is 1.27. The van der Waals surface area contributed by atoms with Crippen molar-refractivity contribution in [3.63, 3.8) is 0 Å². The van der Waals surface area contributed by atoms with E-state index in [1.807, 2.05) is 5.70 Å². The smallest absolute Gasteiger partial charge is 0.156 e. The maximum absolute atomic E-state index is 6.42. The van der Waals surface area contributed by atoms with Crippen molar-refractivity contribution >= 4 is 23.6 Å². The number of halogens is 1. The molecule has 2 heteroatoms. The van der Waals surface area contributed by atoms with Crippen molar-refractivity contribution in [2.45, 2.75) is 20.4 Å². The van der Waals surface area contributed by atoms with E-state index in [0.29, 0.717) is 0 Å². The van der Waals surface area contributed by atoms with Gasteiger partial charge in [0.25, 0.3) is 0 Å². The molecule has 0 amide bonds. The molecule has 0 saturated carbocycles. The molecule has 13 heavy (non-hydrogen) atoms. The van der Waals surface area contributed by atoms with E-state index in [1.165, 1.54) is 16.3 Å². The number of benzene rings is 1. The average molecular weight is 211 g/mol. The van der Waals surface area contributed by atoms with Gasteiger partial charge in [0.15, 0.2) is 0 Å². The van der Waals surface area contributed by atoms with Crippen molar-refractivity contribution in [2.24, 2.45) is 0 Å². The van der Waals surface area contributed by atoms with Crippen LogP contribution in [0.2, 0.25) is 6.55 Å². The third-order valence-electron chi connectivity index (χ3n) is 2.29. The first-order valence-electron chi connectivity index (χ1n) is 4.37. The second-order valence-corrected chi connectivity index (χ2v) is 9.05. The van der Waals surface area contributed by atoms with Crippen LogP contribution in [0.5, 0.6) is 0 Å². The molecule has 0 saturated heterocycles. The highest BCUT2D eigenvalue weighted by Gasteiger charge is 2.24. The quantitative estimate of drug-likeness (QED) is 0.520. The van der Waals surface area contributed by atoms with Crippen LogP contribution in [0.15, 0.2) is 30.5 Å². The summed E-state index contributed by atoms with van der Waals surface area (Å²) in [5.74, 6) is 0. The van der Waals surface area contributed by atoms with Gasteiger partial charge in [0.2, 0.25) is 7.38 Å². The van der Waals surface area contributed by atoms with Crippen molar-refractivity contribution in [1.82, 2.24) is 0 Å². The summed E-state index contributed by atoms with van der Waals surface area (Å²) < 4.78 is 0. The van der Waals surface area contributed by atoms with E-state index in [-0.39, 0.29) is 0 Å². The summed E-state index contributed by atoms with van der Waals surface area (Å²) in [6.07, 6.45) is 0. The van der Waals surface area contributed by atoms with E-state index in [2.05, 4.69) is 45.2 Å². The average Bonchev–Trinajstić information content (AvgIpc) is 2.03. The Morgan fingerprint density at radius 1 is 1.38 bits per heavy atom. The van der Waals surface area contributed by atoms with Crippen LogP contribution in [0.25, 0.3) is 0 Å². The van der Waals surface area contributed by atoms with Crippen LogP contribution < -0.4 is 5.19 Å². The lowest BCUT2D eigenvalue weighted by atomic mass is 10.2. The number of aryl methyl sites for hydroxylation is 2. The van der Waals surface area contributed by atoms with Gasteiger partial charge < -0.3 is 0 Å². The Morgan fingerprint density at radius 2 is 2.00 bits per heavy atom. The molecule has 0 N–H and O–H groups in total. The van der Waals surface area contributed by atoms with Crippen molar-refractivity contribution in [3.8, 4) is 0 Å². The molecule has 0 nitrogen and oxygen atoms in total. The van der Waals surface area contributed by atoms with Gasteiger partial charge in [-0.15, -0.1) is 6.58 Å². The minimum Gasteiger partial charge on any atom is -0.156 e. The third kappa shape index (κ3) is 2.23.